The normalized spacial score (nSPS) is 10.3. The lowest BCUT2D eigenvalue weighted by molar-refractivity contribution is 0.112. The van der Waals surface area contributed by atoms with Crippen LogP contribution in [0.2, 0.25) is 0 Å². The van der Waals surface area contributed by atoms with Gasteiger partial charge in [0, 0.05) is 17.8 Å². The summed E-state index contributed by atoms with van der Waals surface area (Å²) >= 11 is 0. The SMILES string of the molecule is C/C=N/c1cc(OC)c(OC)cc1C=O. The molecular formula is C11H13NO3. The molecule has 0 aliphatic carbocycles. The van der Waals surface area contributed by atoms with E-state index in [0.717, 1.165) is 6.29 Å². The molecular weight excluding hydrogens is 194 g/mol. The number of aldehydes is 1. The van der Waals surface area contributed by atoms with Crippen LogP contribution in [0.4, 0.5) is 5.69 Å². The van der Waals surface area contributed by atoms with E-state index in [4.69, 9.17) is 9.47 Å². The highest BCUT2D eigenvalue weighted by Gasteiger charge is 2.09. The Morgan fingerprint density at radius 2 is 1.80 bits per heavy atom. The van der Waals surface area contributed by atoms with Gasteiger partial charge >= 0.3 is 0 Å². The summed E-state index contributed by atoms with van der Waals surface area (Å²) in [5.41, 5.74) is 1.05. The van der Waals surface area contributed by atoms with Crippen molar-refractivity contribution in [2.45, 2.75) is 6.92 Å². The van der Waals surface area contributed by atoms with Gasteiger partial charge in [-0.25, -0.2) is 0 Å². The van der Waals surface area contributed by atoms with E-state index in [9.17, 15) is 4.79 Å². The fourth-order valence-corrected chi connectivity index (χ4v) is 1.23. The molecule has 0 aromatic heterocycles. The third-order valence-electron chi connectivity index (χ3n) is 1.93. The lowest BCUT2D eigenvalue weighted by Gasteiger charge is -2.09. The molecule has 0 fully saturated rings. The molecule has 0 saturated heterocycles. The summed E-state index contributed by atoms with van der Waals surface area (Å²) in [5.74, 6) is 1.08. The van der Waals surface area contributed by atoms with Gasteiger partial charge in [0.25, 0.3) is 0 Å². The predicted molar refractivity (Wildman–Crippen MR) is 58.8 cm³/mol. The second-order valence-electron chi connectivity index (χ2n) is 2.77. The van der Waals surface area contributed by atoms with Crippen LogP contribution in [0.25, 0.3) is 0 Å². The van der Waals surface area contributed by atoms with Crippen LogP contribution in [0.1, 0.15) is 17.3 Å². The molecule has 0 N–H and O–H groups in total. The van der Waals surface area contributed by atoms with E-state index in [0.29, 0.717) is 22.7 Å². The zero-order valence-corrected chi connectivity index (χ0v) is 8.98. The summed E-state index contributed by atoms with van der Waals surface area (Å²) in [4.78, 5) is 14.9. The minimum absolute atomic E-state index is 0.478. The van der Waals surface area contributed by atoms with Gasteiger partial charge in [0.15, 0.2) is 17.8 Å². The highest BCUT2D eigenvalue weighted by Crippen LogP contribution is 2.33. The monoisotopic (exact) mass is 207 g/mol. The van der Waals surface area contributed by atoms with Crippen molar-refractivity contribution in [2.24, 2.45) is 4.99 Å². The fourth-order valence-electron chi connectivity index (χ4n) is 1.23. The number of benzene rings is 1. The van der Waals surface area contributed by atoms with Crippen LogP contribution in [0, 0.1) is 0 Å². The third kappa shape index (κ3) is 2.34. The molecule has 1 rings (SSSR count). The van der Waals surface area contributed by atoms with Gasteiger partial charge in [-0.05, 0) is 13.0 Å². The van der Waals surface area contributed by atoms with E-state index >= 15 is 0 Å². The summed E-state index contributed by atoms with van der Waals surface area (Å²) < 4.78 is 10.2. The molecule has 4 heteroatoms. The van der Waals surface area contributed by atoms with Crippen LogP contribution < -0.4 is 9.47 Å². The maximum atomic E-state index is 10.8. The molecule has 0 aliphatic heterocycles. The number of hydrogen-bond donors (Lipinski definition) is 0. The number of aliphatic imine (C=N–C) groups is 1. The van der Waals surface area contributed by atoms with Crippen molar-refractivity contribution in [1.82, 2.24) is 0 Å². The number of ether oxygens (including phenoxy) is 2. The lowest BCUT2D eigenvalue weighted by atomic mass is 10.1. The quantitative estimate of drug-likeness (QED) is 0.562. The molecule has 80 valence electrons. The highest BCUT2D eigenvalue weighted by atomic mass is 16.5. The predicted octanol–water partition coefficient (Wildman–Crippen LogP) is 2.24. The molecule has 15 heavy (non-hydrogen) atoms. The van der Waals surface area contributed by atoms with Gasteiger partial charge in [0.2, 0.25) is 0 Å². The topological polar surface area (TPSA) is 47.9 Å². The Morgan fingerprint density at radius 3 is 2.27 bits per heavy atom. The number of methoxy groups -OCH3 is 2. The standard InChI is InChI=1S/C11H13NO3/c1-4-12-9-6-11(15-3)10(14-2)5-8(9)7-13/h4-7H,1-3H3/b12-4+. The Balaban J connectivity index is 3.33. The molecule has 0 unspecified atom stereocenters. The van der Waals surface area contributed by atoms with Crippen LogP contribution in [0.3, 0.4) is 0 Å². The number of nitrogens with zero attached hydrogens (tertiary/aromatic N) is 1. The lowest BCUT2D eigenvalue weighted by Crippen LogP contribution is -1.92. The van der Waals surface area contributed by atoms with Gasteiger partial charge < -0.3 is 9.47 Å². The Labute approximate surface area is 88.5 Å². The summed E-state index contributed by atoms with van der Waals surface area (Å²) in [6.45, 7) is 1.78. The van der Waals surface area contributed by atoms with Gasteiger partial charge in [-0.3, -0.25) is 9.79 Å². The number of rotatable bonds is 4. The van der Waals surface area contributed by atoms with Gasteiger partial charge in [0.1, 0.15) is 0 Å². The summed E-state index contributed by atoms with van der Waals surface area (Å²) in [6.07, 6.45) is 2.36. The van der Waals surface area contributed by atoms with E-state index in [-0.39, 0.29) is 0 Å². The number of hydrogen-bond acceptors (Lipinski definition) is 4. The first-order chi connectivity index (χ1) is 7.26. The number of carbonyl (C=O) groups excluding carboxylic acids is 1. The molecule has 0 heterocycles. The Morgan fingerprint density at radius 1 is 1.20 bits per heavy atom. The van der Waals surface area contributed by atoms with E-state index in [2.05, 4.69) is 4.99 Å². The molecule has 0 atom stereocenters. The Bertz CT molecular complexity index is 386. The third-order valence-corrected chi connectivity index (χ3v) is 1.93. The second kappa shape index (κ2) is 5.14. The van der Waals surface area contributed by atoms with Crippen molar-refractivity contribution in [1.29, 1.82) is 0 Å². The smallest absolute Gasteiger partial charge is 0.162 e. The average Bonchev–Trinajstić information content (AvgIpc) is 2.28. The average molecular weight is 207 g/mol. The van der Waals surface area contributed by atoms with E-state index in [1.54, 1.807) is 25.3 Å². The molecule has 0 bridgehead atoms. The molecule has 0 saturated carbocycles. The molecule has 1 aromatic rings. The van der Waals surface area contributed by atoms with Crippen LogP contribution in [-0.2, 0) is 0 Å². The summed E-state index contributed by atoms with van der Waals surface area (Å²) in [6, 6.07) is 3.27. The zero-order chi connectivity index (χ0) is 11.3. The summed E-state index contributed by atoms with van der Waals surface area (Å²) in [5, 5.41) is 0. The minimum atomic E-state index is 0.478. The zero-order valence-electron chi connectivity index (χ0n) is 8.98. The fraction of sp³-hybridized carbons (Fsp3) is 0.273. The molecule has 1 aromatic carbocycles. The minimum Gasteiger partial charge on any atom is -0.493 e. The van der Waals surface area contributed by atoms with Crippen molar-refractivity contribution < 1.29 is 14.3 Å². The van der Waals surface area contributed by atoms with Crippen molar-refractivity contribution in [3.63, 3.8) is 0 Å². The molecule has 0 radical (unpaired) electrons. The van der Waals surface area contributed by atoms with Crippen molar-refractivity contribution in [2.75, 3.05) is 14.2 Å². The van der Waals surface area contributed by atoms with E-state index < -0.39 is 0 Å². The van der Waals surface area contributed by atoms with E-state index in [1.165, 1.54) is 14.2 Å². The van der Waals surface area contributed by atoms with Crippen molar-refractivity contribution in [3.8, 4) is 11.5 Å². The highest BCUT2D eigenvalue weighted by molar-refractivity contribution is 5.86. The van der Waals surface area contributed by atoms with Crippen LogP contribution in [0.15, 0.2) is 17.1 Å². The van der Waals surface area contributed by atoms with E-state index in [1.807, 2.05) is 0 Å². The van der Waals surface area contributed by atoms with Gasteiger partial charge in [0.05, 0.1) is 19.9 Å². The molecule has 0 aliphatic rings. The van der Waals surface area contributed by atoms with Gasteiger partial charge in [-0.2, -0.15) is 0 Å². The van der Waals surface area contributed by atoms with Gasteiger partial charge in [-0.15, -0.1) is 0 Å². The maximum Gasteiger partial charge on any atom is 0.162 e. The molecule has 0 amide bonds. The van der Waals surface area contributed by atoms with Crippen molar-refractivity contribution >= 4 is 18.2 Å². The largest absolute Gasteiger partial charge is 0.493 e. The Kier molecular flexibility index (Phi) is 3.85. The first-order valence-electron chi connectivity index (χ1n) is 4.46. The first kappa shape index (κ1) is 11.2. The maximum absolute atomic E-state index is 10.8. The Hall–Kier alpha value is -1.84. The second-order valence-corrected chi connectivity index (χ2v) is 2.77. The van der Waals surface area contributed by atoms with Crippen LogP contribution in [0.5, 0.6) is 11.5 Å². The molecule has 0 spiro atoms. The first-order valence-corrected chi connectivity index (χ1v) is 4.46. The van der Waals surface area contributed by atoms with Crippen LogP contribution >= 0.6 is 0 Å². The number of carbonyl (C=O) groups is 1. The van der Waals surface area contributed by atoms with Crippen LogP contribution in [-0.4, -0.2) is 26.7 Å². The molecule has 4 nitrogen and oxygen atoms in total. The summed E-state index contributed by atoms with van der Waals surface area (Å²) in [7, 11) is 3.06. The van der Waals surface area contributed by atoms with Gasteiger partial charge in [-0.1, -0.05) is 0 Å². The van der Waals surface area contributed by atoms with Crippen molar-refractivity contribution in [3.05, 3.63) is 17.7 Å².